The van der Waals surface area contributed by atoms with E-state index in [9.17, 15) is 4.79 Å². The standard InChI is InChI=1S/C17H18N4O3S/c1-23-17(16-19-14(20-24-16)11-2-3-11)5-7-21(8-6-17)15(22)13-12(10-18)4-9-25-13/h4,9,11H,2-3,5-8H2,1H3. The molecule has 2 fully saturated rings. The van der Waals surface area contributed by atoms with Gasteiger partial charge in [-0.1, -0.05) is 5.16 Å². The Labute approximate surface area is 149 Å². The van der Waals surface area contributed by atoms with Crippen molar-refractivity contribution in [2.24, 2.45) is 0 Å². The van der Waals surface area contributed by atoms with Crippen LogP contribution in [0.5, 0.6) is 0 Å². The molecule has 0 atom stereocenters. The van der Waals surface area contributed by atoms with Gasteiger partial charge in [0.2, 0.25) is 0 Å². The Kier molecular flexibility index (Phi) is 4.06. The fourth-order valence-electron chi connectivity index (χ4n) is 3.21. The summed E-state index contributed by atoms with van der Waals surface area (Å²) < 4.78 is 11.2. The van der Waals surface area contributed by atoms with E-state index in [1.165, 1.54) is 11.3 Å². The first-order chi connectivity index (χ1) is 12.2. The molecule has 2 aromatic heterocycles. The van der Waals surface area contributed by atoms with Crippen molar-refractivity contribution in [3.63, 3.8) is 0 Å². The van der Waals surface area contributed by atoms with E-state index in [-0.39, 0.29) is 5.91 Å². The Hall–Kier alpha value is -2.24. The van der Waals surface area contributed by atoms with Crippen LogP contribution in [0.25, 0.3) is 0 Å². The van der Waals surface area contributed by atoms with Gasteiger partial charge < -0.3 is 14.2 Å². The monoisotopic (exact) mass is 358 g/mol. The highest BCUT2D eigenvalue weighted by Crippen LogP contribution is 2.41. The number of carbonyl (C=O) groups excluding carboxylic acids is 1. The zero-order valence-electron chi connectivity index (χ0n) is 13.9. The zero-order valence-corrected chi connectivity index (χ0v) is 14.7. The van der Waals surface area contributed by atoms with Crippen LogP contribution in [0.3, 0.4) is 0 Å². The lowest BCUT2D eigenvalue weighted by molar-refractivity contribution is -0.0778. The predicted molar refractivity (Wildman–Crippen MR) is 89.1 cm³/mol. The number of nitriles is 1. The fourth-order valence-corrected chi connectivity index (χ4v) is 4.02. The van der Waals surface area contributed by atoms with Gasteiger partial charge in [0.15, 0.2) is 5.82 Å². The molecule has 0 N–H and O–H groups in total. The maximum Gasteiger partial charge on any atom is 0.265 e. The highest BCUT2D eigenvalue weighted by molar-refractivity contribution is 7.12. The van der Waals surface area contributed by atoms with Crippen molar-refractivity contribution in [2.75, 3.05) is 20.2 Å². The summed E-state index contributed by atoms with van der Waals surface area (Å²) in [5, 5.41) is 15.0. The highest BCUT2D eigenvalue weighted by atomic mass is 32.1. The Morgan fingerprint density at radius 1 is 1.48 bits per heavy atom. The van der Waals surface area contributed by atoms with Gasteiger partial charge in [-0.3, -0.25) is 4.79 Å². The minimum absolute atomic E-state index is 0.0968. The number of hydrogen-bond donors (Lipinski definition) is 0. The number of hydrogen-bond acceptors (Lipinski definition) is 7. The number of methoxy groups -OCH3 is 1. The molecular weight excluding hydrogens is 340 g/mol. The Morgan fingerprint density at radius 2 is 2.24 bits per heavy atom. The van der Waals surface area contributed by atoms with Crippen LogP contribution in [0.2, 0.25) is 0 Å². The van der Waals surface area contributed by atoms with Crippen LogP contribution in [0.4, 0.5) is 0 Å². The molecule has 0 aromatic carbocycles. The van der Waals surface area contributed by atoms with Crippen molar-refractivity contribution < 1.29 is 14.1 Å². The van der Waals surface area contributed by atoms with Gasteiger partial charge in [-0.2, -0.15) is 10.2 Å². The number of aromatic nitrogens is 2. The molecular formula is C17H18N4O3S. The van der Waals surface area contributed by atoms with Gasteiger partial charge in [-0.05, 0) is 24.3 Å². The summed E-state index contributed by atoms with van der Waals surface area (Å²) in [4.78, 5) is 19.5. The summed E-state index contributed by atoms with van der Waals surface area (Å²) in [5.41, 5.74) is -0.200. The van der Waals surface area contributed by atoms with Gasteiger partial charge in [0.25, 0.3) is 11.8 Å². The molecule has 0 radical (unpaired) electrons. The highest BCUT2D eigenvalue weighted by Gasteiger charge is 2.43. The fraction of sp³-hybridized carbons (Fsp3) is 0.529. The lowest BCUT2D eigenvalue weighted by atomic mass is 9.90. The maximum absolute atomic E-state index is 12.7. The molecule has 25 heavy (non-hydrogen) atoms. The first-order valence-electron chi connectivity index (χ1n) is 8.33. The molecule has 2 aliphatic rings. The number of thiophene rings is 1. The third-order valence-corrected chi connectivity index (χ3v) is 5.91. The van der Waals surface area contributed by atoms with Gasteiger partial charge in [0.05, 0.1) is 5.56 Å². The number of nitrogens with zero attached hydrogens (tertiary/aromatic N) is 4. The van der Waals surface area contributed by atoms with E-state index >= 15 is 0 Å². The molecule has 0 bridgehead atoms. The lowest BCUT2D eigenvalue weighted by Crippen LogP contribution is -2.46. The summed E-state index contributed by atoms with van der Waals surface area (Å²) in [6.45, 7) is 1.05. The van der Waals surface area contributed by atoms with E-state index in [0.717, 1.165) is 18.7 Å². The smallest absolute Gasteiger partial charge is 0.265 e. The topological polar surface area (TPSA) is 92.2 Å². The van der Waals surface area contributed by atoms with Crippen LogP contribution in [-0.4, -0.2) is 41.1 Å². The van der Waals surface area contributed by atoms with Gasteiger partial charge in [-0.15, -0.1) is 11.3 Å². The molecule has 3 heterocycles. The number of piperidine rings is 1. The first-order valence-corrected chi connectivity index (χ1v) is 9.21. The molecule has 1 aliphatic carbocycles. The second-order valence-electron chi connectivity index (χ2n) is 6.50. The van der Waals surface area contributed by atoms with E-state index in [4.69, 9.17) is 14.5 Å². The molecule has 8 heteroatoms. The van der Waals surface area contributed by atoms with Crippen molar-refractivity contribution in [1.82, 2.24) is 15.0 Å². The Balaban J connectivity index is 1.49. The van der Waals surface area contributed by atoms with E-state index in [1.54, 1.807) is 23.5 Å². The van der Waals surface area contributed by atoms with Crippen LogP contribution < -0.4 is 0 Å². The van der Waals surface area contributed by atoms with Crippen molar-refractivity contribution in [3.05, 3.63) is 33.6 Å². The molecule has 4 rings (SSSR count). The molecule has 1 amide bonds. The molecule has 7 nitrogen and oxygen atoms in total. The predicted octanol–water partition coefficient (Wildman–Crippen LogP) is 2.66. The second kappa shape index (κ2) is 6.24. The molecule has 0 spiro atoms. The minimum Gasteiger partial charge on any atom is -0.368 e. The SMILES string of the molecule is COC1(c2nc(C3CC3)no2)CCN(C(=O)c2sccc2C#N)CC1. The van der Waals surface area contributed by atoms with Gasteiger partial charge in [0.1, 0.15) is 16.5 Å². The summed E-state index contributed by atoms with van der Waals surface area (Å²) in [5.74, 6) is 1.61. The average Bonchev–Trinajstić information content (AvgIpc) is 3.20. The van der Waals surface area contributed by atoms with Crippen LogP contribution >= 0.6 is 11.3 Å². The van der Waals surface area contributed by atoms with E-state index in [2.05, 4.69) is 16.2 Å². The maximum atomic E-state index is 12.7. The van der Waals surface area contributed by atoms with Crippen molar-refractivity contribution >= 4 is 17.2 Å². The molecule has 1 saturated carbocycles. The summed E-state index contributed by atoms with van der Waals surface area (Å²) in [6.07, 6.45) is 3.41. The van der Waals surface area contributed by atoms with Crippen LogP contribution in [0, 0.1) is 11.3 Å². The largest absolute Gasteiger partial charge is 0.368 e. The van der Waals surface area contributed by atoms with Crippen LogP contribution in [0.15, 0.2) is 16.0 Å². The molecule has 130 valence electrons. The number of amides is 1. The quantitative estimate of drug-likeness (QED) is 0.834. The summed E-state index contributed by atoms with van der Waals surface area (Å²) >= 11 is 1.31. The summed E-state index contributed by atoms with van der Waals surface area (Å²) in [6, 6.07) is 3.75. The van der Waals surface area contributed by atoms with Crippen molar-refractivity contribution in [3.8, 4) is 6.07 Å². The Morgan fingerprint density at radius 3 is 2.88 bits per heavy atom. The zero-order chi connectivity index (χ0) is 17.4. The average molecular weight is 358 g/mol. The number of carbonyl (C=O) groups is 1. The van der Waals surface area contributed by atoms with Gasteiger partial charge >= 0.3 is 0 Å². The van der Waals surface area contributed by atoms with E-state index in [1.807, 2.05) is 0 Å². The minimum atomic E-state index is -0.634. The number of ether oxygens (including phenoxy) is 1. The molecule has 2 aromatic rings. The molecule has 1 saturated heterocycles. The third kappa shape index (κ3) is 2.83. The normalized spacial score (nSPS) is 19.6. The van der Waals surface area contributed by atoms with E-state index in [0.29, 0.717) is 48.2 Å². The van der Waals surface area contributed by atoms with Gasteiger partial charge in [0, 0.05) is 39.0 Å². The first kappa shape index (κ1) is 16.2. The van der Waals surface area contributed by atoms with Crippen molar-refractivity contribution in [1.29, 1.82) is 5.26 Å². The van der Waals surface area contributed by atoms with E-state index < -0.39 is 5.60 Å². The number of likely N-dealkylation sites (tertiary alicyclic amines) is 1. The number of rotatable bonds is 4. The lowest BCUT2D eigenvalue weighted by Gasteiger charge is -2.38. The van der Waals surface area contributed by atoms with Gasteiger partial charge in [-0.25, -0.2) is 0 Å². The van der Waals surface area contributed by atoms with Crippen LogP contribution in [0.1, 0.15) is 58.6 Å². The van der Waals surface area contributed by atoms with Crippen LogP contribution in [-0.2, 0) is 10.3 Å². The van der Waals surface area contributed by atoms with Crippen molar-refractivity contribution in [2.45, 2.75) is 37.2 Å². The Bertz CT molecular complexity index is 825. The molecule has 1 aliphatic heterocycles. The molecule has 0 unspecified atom stereocenters. The third-order valence-electron chi connectivity index (χ3n) is 5.00. The second-order valence-corrected chi connectivity index (χ2v) is 7.41. The summed E-state index contributed by atoms with van der Waals surface area (Å²) in [7, 11) is 1.64.